The highest BCUT2D eigenvalue weighted by Crippen LogP contribution is 2.18. The third-order valence-electron chi connectivity index (χ3n) is 2.48. The van der Waals surface area contributed by atoms with E-state index >= 15 is 0 Å². The van der Waals surface area contributed by atoms with E-state index in [1.807, 2.05) is 13.8 Å². The Labute approximate surface area is 102 Å². The third kappa shape index (κ3) is 3.55. The zero-order chi connectivity index (χ0) is 13.1. The molecule has 0 radical (unpaired) electrons. The van der Waals surface area contributed by atoms with Crippen LogP contribution in [0.4, 0.5) is 0 Å². The molecule has 0 aliphatic carbocycles. The monoisotopic (exact) mass is 261 g/mol. The summed E-state index contributed by atoms with van der Waals surface area (Å²) in [5.74, 6) is 0.693. The van der Waals surface area contributed by atoms with Crippen molar-refractivity contribution in [2.75, 3.05) is 13.6 Å². The molecule has 1 rings (SSSR count). The molecule has 0 aliphatic heterocycles. The number of nitrogens with zero attached hydrogens (tertiary/aromatic N) is 1. The average Bonchev–Trinajstić information content (AvgIpc) is 2.74. The lowest BCUT2D eigenvalue weighted by Crippen LogP contribution is -2.28. The van der Waals surface area contributed by atoms with Crippen molar-refractivity contribution in [2.24, 2.45) is 5.92 Å². The first-order valence-corrected chi connectivity index (χ1v) is 6.98. The molecule has 1 heterocycles. The van der Waals surface area contributed by atoms with Gasteiger partial charge in [0, 0.05) is 13.6 Å². The largest absolute Gasteiger partial charge is 0.446 e. The molecule has 1 N–H and O–H groups in total. The van der Waals surface area contributed by atoms with Crippen LogP contribution in [0, 0.1) is 5.92 Å². The van der Waals surface area contributed by atoms with Crippen LogP contribution in [-0.4, -0.2) is 31.4 Å². The van der Waals surface area contributed by atoms with Crippen LogP contribution in [0.15, 0.2) is 21.6 Å². The summed E-state index contributed by atoms with van der Waals surface area (Å²) in [6, 6.07) is 2.83. The van der Waals surface area contributed by atoms with Gasteiger partial charge < -0.3 is 9.52 Å². The molecular weight excluding hydrogens is 242 g/mol. The molecule has 98 valence electrons. The summed E-state index contributed by atoms with van der Waals surface area (Å²) in [6.45, 7) is 4.23. The van der Waals surface area contributed by atoms with Gasteiger partial charge in [0.15, 0.2) is 0 Å². The smallest absolute Gasteiger partial charge is 0.276 e. The number of sulfonamides is 1. The fourth-order valence-electron chi connectivity index (χ4n) is 1.30. The molecule has 17 heavy (non-hydrogen) atoms. The van der Waals surface area contributed by atoms with Gasteiger partial charge in [-0.05, 0) is 24.5 Å². The molecular formula is C11H19NO4S. The topological polar surface area (TPSA) is 70.8 Å². The summed E-state index contributed by atoms with van der Waals surface area (Å²) in [5, 5.41) is 8.71. The molecule has 0 aromatic carbocycles. The van der Waals surface area contributed by atoms with Gasteiger partial charge in [0.1, 0.15) is 12.4 Å². The van der Waals surface area contributed by atoms with E-state index in [-0.39, 0.29) is 17.5 Å². The second-order valence-corrected chi connectivity index (χ2v) is 6.36. The van der Waals surface area contributed by atoms with E-state index < -0.39 is 10.0 Å². The zero-order valence-corrected chi connectivity index (χ0v) is 11.2. The molecule has 0 fully saturated rings. The molecule has 0 bridgehead atoms. The van der Waals surface area contributed by atoms with Gasteiger partial charge in [-0.25, -0.2) is 8.42 Å². The maximum atomic E-state index is 12.0. The van der Waals surface area contributed by atoms with E-state index in [1.54, 1.807) is 0 Å². The number of furan rings is 1. The number of aliphatic hydroxyl groups is 1. The van der Waals surface area contributed by atoms with Crippen molar-refractivity contribution in [3.05, 3.63) is 17.9 Å². The Balaban J connectivity index is 2.79. The average molecular weight is 261 g/mol. The summed E-state index contributed by atoms with van der Waals surface area (Å²) < 4.78 is 30.4. The van der Waals surface area contributed by atoms with E-state index in [2.05, 4.69) is 0 Å². The number of rotatable bonds is 6. The number of aliphatic hydroxyl groups excluding tert-OH is 1. The fourth-order valence-corrected chi connectivity index (χ4v) is 2.40. The lowest BCUT2D eigenvalue weighted by molar-refractivity contribution is 0.235. The molecule has 1 aromatic heterocycles. The quantitative estimate of drug-likeness (QED) is 0.841. The SMILES string of the molecule is CC(C)CCN(C)S(=O)(=O)c1ccc(CO)o1. The standard InChI is InChI=1S/C11H19NO4S/c1-9(2)6-7-12(3)17(14,15)11-5-4-10(8-13)16-11/h4-5,9,13H,6-8H2,1-3H3. The lowest BCUT2D eigenvalue weighted by Gasteiger charge is -2.16. The van der Waals surface area contributed by atoms with Crippen LogP contribution in [0.5, 0.6) is 0 Å². The second kappa shape index (κ2) is 5.66. The van der Waals surface area contributed by atoms with Crippen LogP contribution in [0.2, 0.25) is 0 Å². The maximum absolute atomic E-state index is 12.0. The normalized spacial score (nSPS) is 12.6. The number of hydrogen-bond donors (Lipinski definition) is 1. The van der Waals surface area contributed by atoms with Crippen molar-refractivity contribution < 1.29 is 17.9 Å². The van der Waals surface area contributed by atoms with Gasteiger partial charge in [0.25, 0.3) is 10.0 Å². The summed E-state index contributed by atoms with van der Waals surface area (Å²) in [7, 11) is -2.04. The van der Waals surface area contributed by atoms with Gasteiger partial charge in [-0.3, -0.25) is 0 Å². The summed E-state index contributed by atoms with van der Waals surface area (Å²) in [5.41, 5.74) is 0. The molecule has 0 amide bonds. The first kappa shape index (κ1) is 14.2. The van der Waals surface area contributed by atoms with Crippen molar-refractivity contribution in [1.82, 2.24) is 4.31 Å². The molecule has 0 unspecified atom stereocenters. The Morgan fingerprint density at radius 3 is 2.53 bits per heavy atom. The van der Waals surface area contributed by atoms with E-state index in [0.717, 1.165) is 6.42 Å². The molecule has 1 aromatic rings. The highest BCUT2D eigenvalue weighted by Gasteiger charge is 2.24. The molecule has 0 saturated carbocycles. The minimum atomic E-state index is -3.57. The Kier molecular flexibility index (Phi) is 4.73. The Morgan fingerprint density at radius 1 is 1.41 bits per heavy atom. The van der Waals surface area contributed by atoms with Crippen LogP contribution >= 0.6 is 0 Å². The Bertz CT molecular complexity index is 450. The fraction of sp³-hybridized carbons (Fsp3) is 0.636. The highest BCUT2D eigenvalue weighted by molar-refractivity contribution is 7.89. The predicted molar refractivity (Wildman–Crippen MR) is 63.9 cm³/mol. The van der Waals surface area contributed by atoms with E-state index in [0.29, 0.717) is 12.5 Å². The van der Waals surface area contributed by atoms with E-state index in [4.69, 9.17) is 9.52 Å². The van der Waals surface area contributed by atoms with Gasteiger partial charge >= 0.3 is 0 Å². The maximum Gasteiger partial charge on any atom is 0.276 e. The first-order chi connectivity index (χ1) is 7.87. The van der Waals surface area contributed by atoms with Crippen LogP contribution in [0.25, 0.3) is 0 Å². The minimum Gasteiger partial charge on any atom is -0.446 e. The Morgan fingerprint density at radius 2 is 2.06 bits per heavy atom. The molecule has 6 heteroatoms. The van der Waals surface area contributed by atoms with E-state index in [9.17, 15) is 8.42 Å². The van der Waals surface area contributed by atoms with Gasteiger partial charge in [0.05, 0.1) is 0 Å². The molecule has 0 saturated heterocycles. The zero-order valence-electron chi connectivity index (χ0n) is 10.4. The van der Waals surface area contributed by atoms with Crippen molar-refractivity contribution in [3.8, 4) is 0 Å². The third-order valence-corrected chi connectivity index (χ3v) is 4.21. The van der Waals surface area contributed by atoms with Crippen LogP contribution < -0.4 is 0 Å². The van der Waals surface area contributed by atoms with Crippen LogP contribution in [0.3, 0.4) is 0 Å². The van der Waals surface area contributed by atoms with Gasteiger partial charge in [-0.2, -0.15) is 4.31 Å². The number of hydrogen-bond acceptors (Lipinski definition) is 4. The van der Waals surface area contributed by atoms with Gasteiger partial charge in [-0.1, -0.05) is 13.8 Å². The summed E-state index contributed by atoms with van der Waals surface area (Å²) in [6.07, 6.45) is 0.795. The molecule has 0 aliphatic rings. The van der Waals surface area contributed by atoms with Crippen molar-refractivity contribution in [2.45, 2.75) is 32.0 Å². The highest BCUT2D eigenvalue weighted by atomic mass is 32.2. The predicted octanol–water partition coefficient (Wildman–Crippen LogP) is 1.44. The molecule has 0 atom stereocenters. The molecule has 0 spiro atoms. The van der Waals surface area contributed by atoms with E-state index in [1.165, 1.54) is 23.5 Å². The summed E-state index contributed by atoms with van der Waals surface area (Å²) >= 11 is 0. The van der Waals surface area contributed by atoms with Gasteiger partial charge in [-0.15, -0.1) is 0 Å². The van der Waals surface area contributed by atoms with Crippen molar-refractivity contribution in [1.29, 1.82) is 0 Å². The van der Waals surface area contributed by atoms with Crippen molar-refractivity contribution >= 4 is 10.0 Å². The lowest BCUT2D eigenvalue weighted by atomic mass is 10.1. The molecule has 5 nitrogen and oxygen atoms in total. The van der Waals surface area contributed by atoms with Crippen molar-refractivity contribution in [3.63, 3.8) is 0 Å². The Hall–Kier alpha value is -0.850. The minimum absolute atomic E-state index is 0.118. The van der Waals surface area contributed by atoms with Gasteiger partial charge in [0.2, 0.25) is 5.09 Å². The van der Waals surface area contributed by atoms with Crippen LogP contribution in [0.1, 0.15) is 26.0 Å². The first-order valence-electron chi connectivity index (χ1n) is 5.54. The summed E-state index contributed by atoms with van der Waals surface area (Å²) in [4.78, 5) is 0. The second-order valence-electron chi connectivity index (χ2n) is 4.39. The van der Waals surface area contributed by atoms with Crippen LogP contribution in [-0.2, 0) is 16.6 Å².